The molecule has 1 saturated heterocycles. The standard InChI is InChI=1S/C13H16N2O4/c14-13(5-6-19-8-13)12(18)15-7-9-1-3-10(4-2-9)11(16)17/h1-4H,5-8,14H2,(H,15,18)(H,16,17). The molecular weight excluding hydrogens is 248 g/mol. The van der Waals surface area contributed by atoms with E-state index in [4.69, 9.17) is 15.6 Å². The van der Waals surface area contributed by atoms with Gasteiger partial charge in [-0.1, -0.05) is 12.1 Å². The Morgan fingerprint density at radius 1 is 1.37 bits per heavy atom. The van der Waals surface area contributed by atoms with E-state index < -0.39 is 11.5 Å². The molecule has 1 aromatic rings. The second kappa shape index (κ2) is 5.38. The lowest BCUT2D eigenvalue weighted by Crippen LogP contribution is -2.54. The average molecular weight is 264 g/mol. The van der Waals surface area contributed by atoms with Gasteiger partial charge in [-0.3, -0.25) is 4.79 Å². The Kier molecular flexibility index (Phi) is 3.82. The van der Waals surface area contributed by atoms with Crippen LogP contribution in [0.15, 0.2) is 24.3 Å². The summed E-state index contributed by atoms with van der Waals surface area (Å²) in [6.07, 6.45) is 0.511. The van der Waals surface area contributed by atoms with E-state index >= 15 is 0 Å². The molecule has 6 heteroatoms. The summed E-state index contributed by atoms with van der Waals surface area (Å²) in [7, 11) is 0. The lowest BCUT2D eigenvalue weighted by molar-refractivity contribution is -0.126. The third-order valence-corrected chi connectivity index (χ3v) is 3.16. The Morgan fingerprint density at radius 3 is 2.58 bits per heavy atom. The zero-order valence-electron chi connectivity index (χ0n) is 10.4. The highest BCUT2D eigenvalue weighted by molar-refractivity contribution is 5.88. The number of hydrogen-bond donors (Lipinski definition) is 3. The van der Waals surface area contributed by atoms with E-state index in [0.717, 1.165) is 5.56 Å². The summed E-state index contributed by atoms with van der Waals surface area (Å²) in [5, 5.41) is 11.5. The topological polar surface area (TPSA) is 102 Å². The number of aromatic carboxylic acids is 1. The van der Waals surface area contributed by atoms with Crippen LogP contribution < -0.4 is 11.1 Å². The number of carbonyl (C=O) groups is 2. The normalized spacial score (nSPS) is 22.2. The van der Waals surface area contributed by atoms with Gasteiger partial charge in [-0.05, 0) is 24.1 Å². The van der Waals surface area contributed by atoms with Crippen molar-refractivity contribution >= 4 is 11.9 Å². The Bertz CT molecular complexity index is 478. The number of nitrogens with two attached hydrogens (primary N) is 1. The molecule has 1 unspecified atom stereocenters. The van der Waals surface area contributed by atoms with Gasteiger partial charge in [-0.25, -0.2) is 4.79 Å². The second-order valence-electron chi connectivity index (χ2n) is 4.64. The largest absolute Gasteiger partial charge is 0.478 e. The van der Waals surface area contributed by atoms with Gasteiger partial charge in [0.2, 0.25) is 5.91 Å². The lowest BCUT2D eigenvalue weighted by Gasteiger charge is -2.20. The Balaban J connectivity index is 1.91. The molecule has 4 N–H and O–H groups in total. The number of benzene rings is 1. The number of carbonyl (C=O) groups excluding carboxylic acids is 1. The summed E-state index contributed by atoms with van der Waals surface area (Å²) in [5.41, 5.74) is 6.01. The molecule has 1 aliphatic heterocycles. The number of nitrogens with one attached hydrogen (secondary N) is 1. The third kappa shape index (κ3) is 3.10. The Morgan fingerprint density at radius 2 is 2.05 bits per heavy atom. The van der Waals surface area contributed by atoms with Gasteiger partial charge < -0.3 is 20.9 Å². The summed E-state index contributed by atoms with van der Waals surface area (Å²) in [6, 6.07) is 6.33. The molecule has 1 heterocycles. The maximum absolute atomic E-state index is 11.9. The SMILES string of the molecule is NC1(C(=O)NCc2ccc(C(=O)O)cc2)CCOC1. The lowest BCUT2D eigenvalue weighted by atomic mass is 9.99. The van der Waals surface area contributed by atoms with Gasteiger partial charge >= 0.3 is 5.97 Å². The maximum atomic E-state index is 11.9. The van der Waals surface area contributed by atoms with Gasteiger partial charge in [0.25, 0.3) is 0 Å². The van der Waals surface area contributed by atoms with Crippen LogP contribution in [0.2, 0.25) is 0 Å². The predicted octanol–water partition coefficient (Wildman–Crippen LogP) is 0.119. The van der Waals surface area contributed by atoms with E-state index in [1.54, 1.807) is 12.1 Å². The monoisotopic (exact) mass is 264 g/mol. The molecule has 1 aromatic carbocycles. The number of amides is 1. The smallest absolute Gasteiger partial charge is 0.335 e. The molecule has 0 spiro atoms. The average Bonchev–Trinajstić information content (AvgIpc) is 2.84. The molecule has 6 nitrogen and oxygen atoms in total. The molecular formula is C13H16N2O4. The highest BCUT2D eigenvalue weighted by Gasteiger charge is 2.37. The van der Waals surface area contributed by atoms with E-state index in [2.05, 4.69) is 5.32 Å². The van der Waals surface area contributed by atoms with Crippen molar-refractivity contribution in [2.75, 3.05) is 13.2 Å². The number of hydrogen-bond acceptors (Lipinski definition) is 4. The molecule has 0 radical (unpaired) electrons. The minimum Gasteiger partial charge on any atom is -0.478 e. The van der Waals surface area contributed by atoms with Crippen LogP contribution in [0.1, 0.15) is 22.3 Å². The summed E-state index contributed by atoms with van der Waals surface area (Å²) in [5.74, 6) is -1.22. The highest BCUT2D eigenvalue weighted by atomic mass is 16.5. The predicted molar refractivity (Wildman–Crippen MR) is 67.6 cm³/mol. The van der Waals surface area contributed by atoms with Crippen molar-refractivity contribution in [1.82, 2.24) is 5.32 Å². The molecule has 102 valence electrons. The first kappa shape index (κ1) is 13.5. The molecule has 0 bridgehead atoms. The van der Waals surface area contributed by atoms with E-state index in [1.807, 2.05) is 0 Å². The molecule has 0 aromatic heterocycles. The molecule has 1 atom stereocenters. The molecule has 1 aliphatic rings. The number of carboxylic acid groups (broad SMARTS) is 1. The van der Waals surface area contributed by atoms with Crippen molar-refractivity contribution in [3.8, 4) is 0 Å². The van der Waals surface area contributed by atoms with Crippen LogP contribution >= 0.6 is 0 Å². The van der Waals surface area contributed by atoms with Crippen LogP contribution in [0.3, 0.4) is 0 Å². The number of carboxylic acids is 1. The fourth-order valence-electron chi connectivity index (χ4n) is 1.88. The van der Waals surface area contributed by atoms with Gasteiger partial charge in [0.1, 0.15) is 5.54 Å². The minimum atomic E-state index is -0.973. The molecule has 0 saturated carbocycles. The van der Waals surface area contributed by atoms with Crippen LogP contribution in [0.5, 0.6) is 0 Å². The van der Waals surface area contributed by atoms with E-state index in [-0.39, 0.29) is 18.1 Å². The molecule has 0 aliphatic carbocycles. The minimum absolute atomic E-state index is 0.217. The van der Waals surface area contributed by atoms with Crippen LogP contribution in [0, 0.1) is 0 Å². The maximum Gasteiger partial charge on any atom is 0.335 e. The molecule has 1 fully saturated rings. The third-order valence-electron chi connectivity index (χ3n) is 3.16. The summed E-state index contributed by atoms with van der Waals surface area (Å²) >= 11 is 0. The van der Waals surface area contributed by atoms with Crippen LogP contribution in [0.4, 0.5) is 0 Å². The summed E-state index contributed by atoms with van der Waals surface area (Å²) in [4.78, 5) is 22.6. The van der Waals surface area contributed by atoms with Crippen molar-refractivity contribution in [2.45, 2.75) is 18.5 Å². The van der Waals surface area contributed by atoms with Crippen molar-refractivity contribution in [3.63, 3.8) is 0 Å². The van der Waals surface area contributed by atoms with Crippen molar-refractivity contribution in [2.24, 2.45) is 5.73 Å². The quantitative estimate of drug-likeness (QED) is 0.717. The number of ether oxygens (including phenoxy) is 1. The van der Waals surface area contributed by atoms with E-state index in [0.29, 0.717) is 19.6 Å². The fraction of sp³-hybridized carbons (Fsp3) is 0.385. The first-order valence-electron chi connectivity index (χ1n) is 5.98. The van der Waals surface area contributed by atoms with Crippen LogP contribution in [-0.2, 0) is 16.1 Å². The first-order valence-corrected chi connectivity index (χ1v) is 5.98. The van der Waals surface area contributed by atoms with Gasteiger partial charge in [0.05, 0.1) is 12.2 Å². The summed E-state index contributed by atoms with van der Waals surface area (Å²) in [6.45, 7) is 1.05. The molecule has 1 amide bonds. The van der Waals surface area contributed by atoms with Crippen molar-refractivity contribution in [1.29, 1.82) is 0 Å². The van der Waals surface area contributed by atoms with E-state index in [9.17, 15) is 9.59 Å². The van der Waals surface area contributed by atoms with Gasteiger partial charge in [0, 0.05) is 13.2 Å². The van der Waals surface area contributed by atoms with Gasteiger partial charge in [-0.15, -0.1) is 0 Å². The first-order chi connectivity index (χ1) is 9.01. The van der Waals surface area contributed by atoms with Crippen molar-refractivity contribution < 1.29 is 19.4 Å². The Hall–Kier alpha value is -1.92. The second-order valence-corrected chi connectivity index (χ2v) is 4.64. The highest BCUT2D eigenvalue weighted by Crippen LogP contribution is 2.15. The Labute approximate surface area is 110 Å². The molecule has 2 rings (SSSR count). The van der Waals surface area contributed by atoms with Gasteiger partial charge in [-0.2, -0.15) is 0 Å². The fourth-order valence-corrected chi connectivity index (χ4v) is 1.88. The van der Waals surface area contributed by atoms with Crippen LogP contribution in [0.25, 0.3) is 0 Å². The summed E-state index contributed by atoms with van der Waals surface area (Å²) < 4.78 is 5.12. The van der Waals surface area contributed by atoms with Gasteiger partial charge in [0.15, 0.2) is 0 Å². The van der Waals surface area contributed by atoms with E-state index in [1.165, 1.54) is 12.1 Å². The zero-order valence-corrected chi connectivity index (χ0v) is 10.4. The van der Waals surface area contributed by atoms with Crippen molar-refractivity contribution in [3.05, 3.63) is 35.4 Å². The van der Waals surface area contributed by atoms with Crippen LogP contribution in [-0.4, -0.2) is 35.7 Å². The number of rotatable bonds is 4. The molecule has 19 heavy (non-hydrogen) atoms. The zero-order chi connectivity index (χ0) is 13.9.